The first-order chi connectivity index (χ1) is 16.2. The fourth-order valence-corrected chi connectivity index (χ4v) is 3.92. The second-order valence-electron chi connectivity index (χ2n) is 8.05. The van der Waals surface area contributed by atoms with Gasteiger partial charge >= 0.3 is 5.97 Å². The Morgan fingerprint density at radius 2 is 1.82 bits per heavy atom. The molecule has 2 aromatic carbocycles. The van der Waals surface area contributed by atoms with Crippen LogP contribution in [-0.4, -0.2) is 32.9 Å². The summed E-state index contributed by atoms with van der Waals surface area (Å²) in [7, 11) is 0. The number of anilines is 1. The number of aromatic nitrogens is 2. The number of fused-ring (bicyclic) bond motifs is 1. The molecule has 0 aliphatic heterocycles. The molecule has 0 radical (unpaired) electrons. The van der Waals surface area contributed by atoms with Crippen LogP contribution in [0.3, 0.4) is 0 Å². The van der Waals surface area contributed by atoms with Gasteiger partial charge in [0, 0.05) is 12.6 Å². The summed E-state index contributed by atoms with van der Waals surface area (Å²) in [5, 5.41) is 14.7. The van der Waals surface area contributed by atoms with Crippen molar-refractivity contribution < 1.29 is 23.9 Å². The van der Waals surface area contributed by atoms with Crippen LogP contribution in [0.1, 0.15) is 66.1 Å². The Morgan fingerprint density at radius 3 is 2.53 bits per heavy atom. The first-order valence-electron chi connectivity index (χ1n) is 10.6. The monoisotopic (exact) mass is 463 g/mol. The van der Waals surface area contributed by atoms with Crippen molar-refractivity contribution in [3.05, 3.63) is 87.5 Å². The number of hydrogen-bond acceptors (Lipinski definition) is 6. The van der Waals surface area contributed by atoms with E-state index in [0.29, 0.717) is 24.0 Å². The molecular weight excluding hydrogens is 441 g/mol. The molecule has 174 valence electrons. The van der Waals surface area contributed by atoms with Crippen molar-refractivity contribution in [2.45, 2.75) is 32.4 Å². The number of nitrogen functional groups attached to an aromatic ring is 1. The third-order valence-electron chi connectivity index (χ3n) is 5.66. The summed E-state index contributed by atoms with van der Waals surface area (Å²) < 4.78 is 13.4. The molecule has 1 aliphatic carbocycles. The predicted octanol–water partition coefficient (Wildman–Crippen LogP) is 2.55. The Morgan fingerprint density at radius 1 is 1.09 bits per heavy atom. The van der Waals surface area contributed by atoms with E-state index in [1.165, 1.54) is 18.2 Å². The summed E-state index contributed by atoms with van der Waals surface area (Å²) in [6.45, 7) is 1.77. The molecule has 4 rings (SSSR count). The van der Waals surface area contributed by atoms with Crippen molar-refractivity contribution in [1.29, 1.82) is 0 Å². The van der Waals surface area contributed by atoms with Gasteiger partial charge in [-0.05, 0) is 60.2 Å². The number of aromatic carboxylic acids is 1. The SMILES string of the molecule is Cc1cc(CNC(=O)c2cc(C(=O)NC3CCc4cc(C(=O)O)ccc43)nc(N)n2)ccc1F. The van der Waals surface area contributed by atoms with E-state index < -0.39 is 17.8 Å². The molecule has 3 aromatic rings. The summed E-state index contributed by atoms with van der Waals surface area (Å²) in [4.78, 5) is 44.5. The van der Waals surface area contributed by atoms with Crippen LogP contribution < -0.4 is 16.4 Å². The Hall–Kier alpha value is -4.34. The number of carboxylic acids is 1. The minimum absolute atomic E-state index is 0.0640. The van der Waals surface area contributed by atoms with Crippen LogP contribution in [0, 0.1) is 12.7 Å². The Bertz CT molecular complexity index is 1310. The van der Waals surface area contributed by atoms with Crippen molar-refractivity contribution in [2.24, 2.45) is 0 Å². The lowest BCUT2D eigenvalue weighted by Crippen LogP contribution is -2.30. The summed E-state index contributed by atoms with van der Waals surface area (Å²) in [6, 6.07) is 10.3. The van der Waals surface area contributed by atoms with Crippen LogP contribution >= 0.6 is 0 Å². The van der Waals surface area contributed by atoms with Crippen LogP contribution in [0.25, 0.3) is 0 Å². The smallest absolute Gasteiger partial charge is 0.335 e. The molecule has 10 heteroatoms. The second-order valence-corrected chi connectivity index (χ2v) is 8.05. The van der Waals surface area contributed by atoms with Crippen molar-refractivity contribution in [2.75, 3.05) is 5.73 Å². The maximum absolute atomic E-state index is 13.4. The number of carboxylic acid groups (broad SMARTS) is 1. The molecule has 9 nitrogen and oxygen atoms in total. The van der Waals surface area contributed by atoms with E-state index >= 15 is 0 Å². The highest BCUT2D eigenvalue weighted by molar-refractivity contribution is 5.98. The van der Waals surface area contributed by atoms with Crippen LogP contribution in [0.4, 0.5) is 10.3 Å². The normalized spacial score (nSPS) is 14.4. The molecule has 1 aliphatic rings. The lowest BCUT2D eigenvalue weighted by Gasteiger charge is -2.14. The summed E-state index contributed by atoms with van der Waals surface area (Å²) in [5.74, 6) is -2.66. The molecule has 0 spiro atoms. The fourth-order valence-electron chi connectivity index (χ4n) is 3.92. The van der Waals surface area contributed by atoms with E-state index in [1.54, 1.807) is 31.2 Å². The largest absolute Gasteiger partial charge is 0.478 e. The summed E-state index contributed by atoms with van der Waals surface area (Å²) in [6.07, 6.45) is 1.24. The molecule has 1 heterocycles. The van der Waals surface area contributed by atoms with Crippen molar-refractivity contribution in [3.63, 3.8) is 0 Å². The average Bonchev–Trinajstić information content (AvgIpc) is 3.21. The third kappa shape index (κ3) is 4.85. The second kappa shape index (κ2) is 9.26. The van der Waals surface area contributed by atoms with Gasteiger partial charge < -0.3 is 21.5 Å². The summed E-state index contributed by atoms with van der Waals surface area (Å²) in [5.41, 5.74) is 8.66. The number of halogens is 1. The van der Waals surface area contributed by atoms with Gasteiger partial charge in [0.1, 0.15) is 17.2 Å². The summed E-state index contributed by atoms with van der Waals surface area (Å²) >= 11 is 0. The van der Waals surface area contributed by atoms with E-state index in [2.05, 4.69) is 20.6 Å². The van der Waals surface area contributed by atoms with Crippen molar-refractivity contribution in [1.82, 2.24) is 20.6 Å². The number of aryl methyl sites for hydroxylation is 2. The average molecular weight is 463 g/mol. The Balaban J connectivity index is 1.45. The first kappa shape index (κ1) is 22.8. The minimum atomic E-state index is -1.01. The number of nitrogens with one attached hydrogen (secondary N) is 2. The Kier molecular flexibility index (Phi) is 6.22. The number of hydrogen-bond donors (Lipinski definition) is 4. The number of carbonyl (C=O) groups is 3. The van der Waals surface area contributed by atoms with Crippen molar-refractivity contribution in [3.8, 4) is 0 Å². The zero-order chi connectivity index (χ0) is 24.4. The highest BCUT2D eigenvalue weighted by Gasteiger charge is 2.26. The molecule has 1 unspecified atom stereocenters. The van der Waals surface area contributed by atoms with Gasteiger partial charge in [-0.2, -0.15) is 0 Å². The molecular formula is C24H22FN5O4. The van der Waals surface area contributed by atoms with Crippen molar-refractivity contribution >= 4 is 23.7 Å². The highest BCUT2D eigenvalue weighted by Crippen LogP contribution is 2.32. The van der Waals surface area contributed by atoms with Crippen LogP contribution in [-0.2, 0) is 13.0 Å². The number of rotatable bonds is 6. The standard InChI is InChI=1S/C24H22FN5O4/c1-12-8-13(2-6-17(12)25)11-27-21(31)19-10-20(30-24(26)29-19)22(32)28-18-7-4-14-9-15(23(33)34)3-5-16(14)18/h2-3,5-6,8-10,18H,4,7,11H2,1H3,(H,27,31)(H,28,32)(H,33,34)(H2,26,29,30). The highest BCUT2D eigenvalue weighted by atomic mass is 19.1. The van der Waals surface area contributed by atoms with Gasteiger partial charge in [-0.1, -0.05) is 18.2 Å². The lowest BCUT2D eigenvalue weighted by molar-refractivity contribution is 0.0696. The van der Waals surface area contributed by atoms with Gasteiger partial charge in [-0.3, -0.25) is 9.59 Å². The molecule has 1 atom stereocenters. The van der Waals surface area contributed by atoms with Gasteiger partial charge in [0.05, 0.1) is 11.6 Å². The van der Waals surface area contributed by atoms with Gasteiger partial charge in [-0.15, -0.1) is 0 Å². The molecule has 0 saturated carbocycles. The van der Waals surface area contributed by atoms with E-state index in [0.717, 1.165) is 11.1 Å². The number of benzene rings is 2. The third-order valence-corrected chi connectivity index (χ3v) is 5.66. The van der Waals surface area contributed by atoms with E-state index in [9.17, 15) is 18.8 Å². The zero-order valence-electron chi connectivity index (χ0n) is 18.3. The number of nitrogens with two attached hydrogens (primary N) is 1. The molecule has 1 aromatic heterocycles. The predicted molar refractivity (Wildman–Crippen MR) is 121 cm³/mol. The quantitative estimate of drug-likeness (QED) is 0.439. The number of amides is 2. The van der Waals surface area contributed by atoms with Crippen LogP contribution in [0.2, 0.25) is 0 Å². The van der Waals surface area contributed by atoms with Gasteiger partial charge in [0.15, 0.2) is 0 Å². The van der Waals surface area contributed by atoms with Crippen LogP contribution in [0.5, 0.6) is 0 Å². The molecule has 5 N–H and O–H groups in total. The number of nitrogens with zero attached hydrogens (tertiary/aromatic N) is 2. The molecule has 0 bridgehead atoms. The molecule has 0 fully saturated rings. The van der Waals surface area contributed by atoms with Gasteiger partial charge in [0.25, 0.3) is 11.8 Å². The molecule has 2 amide bonds. The first-order valence-corrected chi connectivity index (χ1v) is 10.6. The Labute approximate surface area is 194 Å². The van der Waals surface area contributed by atoms with E-state index in [4.69, 9.17) is 10.8 Å². The lowest BCUT2D eigenvalue weighted by atomic mass is 10.0. The number of carbonyl (C=O) groups excluding carboxylic acids is 2. The zero-order valence-corrected chi connectivity index (χ0v) is 18.3. The maximum Gasteiger partial charge on any atom is 0.335 e. The fraction of sp³-hybridized carbons (Fsp3) is 0.208. The van der Waals surface area contributed by atoms with Crippen LogP contribution in [0.15, 0.2) is 42.5 Å². The molecule has 34 heavy (non-hydrogen) atoms. The van der Waals surface area contributed by atoms with Gasteiger partial charge in [-0.25, -0.2) is 19.2 Å². The minimum Gasteiger partial charge on any atom is -0.478 e. The topological polar surface area (TPSA) is 147 Å². The van der Waals surface area contributed by atoms with Gasteiger partial charge in [0.2, 0.25) is 5.95 Å². The van der Waals surface area contributed by atoms with E-state index in [1.807, 2.05) is 0 Å². The molecule has 0 saturated heterocycles. The maximum atomic E-state index is 13.4. The van der Waals surface area contributed by atoms with E-state index in [-0.39, 0.29) is 41.3 Å².